The summed E-state index contributed by atoms with van der Waals surface area (Å²) in [5.74, 6) is 0.0844. The first kappa shape index (κ1) is 58.8. The number of ether oxygens (including phenoxy) is 2. The number of amides is 5. The van der Waals surface area contributed by atoms with Crippen molar-refractivity contribution in [2.45, 2.75) is 89.6 Å². The highest BCUT2D eigenvalue weighted by atomic mass is 19.1. The minimum absolute atomic E-state index is 0.00141. The second kappa shape index (κ2) is 27.8. The van der Waals surface area contributed by atoms with Gasteiger partial charge in [0.05, 0.1) is 49.6 Å². The van der Waals surface area contributed by atoms with Gasteiger partial charge in [0.1, 0.15) is 17.6 Å². The molecule has 2 atom stereocenters. The number of piperazine rings is 2. The van der Waals surface area contributed by atoms with E-state index in [0.717, 1.165) is 96.1 Å². The maximum absolute atomic E-state index is 15.2. The number of methoxy groups -OCH3 is 1. The monoisotopic (exact) mass is 1140 g/mol. The third kappa shape index (κ3) is 14.7. The minimum atomic E-state index is -0.611. The van der Waals surface area contributed by atoms with Crippen molar-refractivity contribution >= 4 is 40.3 Å². The van der Waals surface area contributed by atoms with Crippen molar-refractivity contribution in [2.75, 3.05) is 112 Å². The molecule has 20 nitrogen and oxygen atoms in total. The quantitative estimate of drug-likeness (QED) is 0.101. The number of rotatable bonds is 19. The third-order valence-corrected chi connectivity index (χ3v) is 17.5. The van der Waals surface area contributed by atoms with Crippen molar-refractivity contribution in [3.8, 4) is 11.8 Å². The van der Waals surface area contributed by atoms with Gasteiger partial charge in [0.2, 0.25) is 29.5 Å². The maximum Gasteiger partial charge on any atom is 0.272 e. The highest BCUT2D eigenvalue weighted by Crippen LogP contribution is 2.31. The molecule has 5 aliphatic rings. The summed E-state index contributed by atoms with van der Waals surface area (Å²) in [6.07, 6.45) is 10.5. The maximum atomic E-state index is 15.2. The van der Waals surface area contributed by atoms with E-state index < -0.39 is 17.8 Å². The molecule has 83 heavy (non-hydrogen) atoms. The van der Waals surface area contributed by atoms with Crippen LogP contribution in [-0.4, -0.2) is 197 Å². The van der Waals surface area contributed by atoms with Crippen molar-refractivity contribution in [1.29, 1.82) is 0 Å². The van der Waals surface area contributed by atoms with Gasteiger partial charge in [-0.3, -0.25) is 38.6 Å². The highest BCUT2D eigenvalue weighted by molar-refractivity contribution is 5.98. The van der Waals surface area contributed by atoms with Crippen LogP contribution in [0.15, 0.2) is 77.7 Å². The van der Waals surface area contributed by atoms with Gasteiger partial charge in [0, 0.05) is 102 Å². The Hall–Kier alpha value is -7.36. The van der Waals surface area contributed by atoms with Crippen LogP contribution in [0.25, 0.3) is 10.8 Å². The first-order valence-corrected chi connectivity index (χ1v) is 29.9. The number of halogens is 1. The molecule has 4 saturated heterocycles. The molecule has 442 valence electrons. The van der Waals surface area contributed by atoms with Crippen molar-refractivity contribution in [3.05, 3.63) is 123 Å². The topological polar surface area (TPSA) is 219 Å². The van der Waals surface area contributed by atoms with Gasteiger partial charge in [-0.2, -0.15) is 10.1 Å². The number of aromatic amines is 1. The number of carbonyl (C=O) groups is 5. The molecule has 3 N–H and O–H groups in total. The molecule has 1 aliphatic carbocycles. The summed E-state index contributed by atoms with van der Waals surface area (Å²) in [4.78, 5) is 102. The first-order chi connectivity index (χ1) is 40.4. The number of H-pyrrole nitrogens is 1. The number of nitrogens with one attached hydrogen (secondary N) is 3. The van der Waals surface area contributed by atoms with E-state index in [4.69, 9.17) is 9.47 Å². The van der Waals surface area contributed by atoms with Crippen molar-refractivity contribution in [3.63, 3.8) is 0 Å². The number of nitrogens with zero attached hydrogens (tertiary/aromatic N) is 9. The van der Waals surface area contributed by atoms with Gasteiger partial charge in [0.25, 0.3) is 17.4 Å². The fourth-order valence-corrected chi connectivity index (χ4v) is 12.7. The van der Waals surface area contributed by atoms with Crippen LogP contribution in [0.2, 0.25) is 0 Å². The molecule has 5 fully saturated rings. The molecule has 5 amide bonds. The Morgan fingerprint density at radius 2 is 1.49 bits per heavy atom. The van der Waals surface area contributed by atoms with Gasteiger partial charge in [-0.25, -0.2) is 14.5 Å². The Morgan fingerprint density at radius 1 is 0.747 bits per heavy atom. The molecule has 5 aromatic rings. The molecular weight excluding hydrogens is 1060 g/mol. The molecule has 0 radical (unpaired) electrons. The summed E-state index contributed by atoms with van der Waals surface area (Å²) in [6.45, 7) is 10.9. The molecule has 6 heterocycles. The molecule has 3 aromatic carbocycles. The molecule has 0 spiro atoms. The number of hydrogen-bond donors (Lipinski definition) is 3. The van der Waals surface area contributed by atoms with Crippen LogP contribution >= 0.6 is 0 Å². The van der Waals surface area contributed by atoms with Crippen molar-refractivity contribution in [1.82, 2.24) is 60.2 Å². The summed E-state index contributed by atoms with van der Waals surface area (Å²) in [5, 5.41) is 14.4. The second-order valence-electron chi connectivity index (χ2n) is 22.9. The number of likely N-dealkylation sites (tertiary alicyclic amines) is 2. The highest BCUT2D eigenvalue weighted by Gasteiger charge is 2.37. The summed E-state index contributed by atoms with van der Waals surface area (Å²) < 4.78 is 26.0. The van der Waals surface area contributed by atoms with Crippen molar-refractivity contribution < 1.29 is 37.8 Å². The summed E-state index contributed by atoms with van der Waals surface area (Å²) in [5.41, 5.74) is 3.11. The van der Waals surface area contributed by atoms with Crippen LogP contribution < -0.4 is 25.7 Å². The van der Waals surface area contributed by atoms with E-state index in [2.05, 4.69) is 40.6 Å². The normalized spacial score (nSPS) is 19.1. The lowest BCUT2D eigenvalue weighted by atomic mass is 9.83. The first-order valence-electron chi connectivity index (χ1n) is 29.9. The molecule has 4 aliphatic heterocycles. The zero-order valence-corrected chi connectivity index (χ0v) is 48.0. The number of carbonyl (C=O) groups excluding carboxylic acids is 5. The zero-order chi connectivity index (χ0) is 57.8. The Bertz CT molecular complexity index is 3150. The summed E-state index contributed by atoms with van der Waals surface area (Å²) >= 11 is 0. The molecule has 10 rings (SSSR count). The molecule has 0 unspecified atom stereocenters. The number of fused-ring (bicyclic) bond motifs is 1. The smallest absolute Gasteiger partial charge is 0.272 e. The summed E-state index contributed by atoms with van der Waals surface area (Å²) in [6, 6.07) is 18.7. The predicted octanol–water partition coefficient (Wildman–Crippen LogP) is 4.87. The van der Waals surface area contributed by atoms with Crippen LogP contribution in [0.4, 0.5) is 4.39 Å². The fraction of sp³-hybridized carbons (Fsp3) is 0.532. The lowest BCUT2D eigenvalue weighted by molar-refractivity contribution is -0.137. The average molecular weight is 1140 g/mol. The van der Waals surface area contributed by atoms with E-state index >= 15 is 4.39 Å². The number of aromatic nitrogens is 4. The Kier molecular flexibility index (Phi) is 19.7. The standard InChI is InChI=1S/C62H79FN12O8/c1-3-83-60-53(65-37-54(66-60)82-2)36-64-38-55(76)75-22-10-15-47(40-75)45-13-9-14-46(35-45)58(78)67-57(44-11-5-4-6-12-44)62(81)74-27-25-71(26-28-74)39-42-20-23-70(24-21-42)41-56(77)72-29-31-73(32-30-72)61(80)50-33-43(18-19-51(50)63)34-52-48-16-7-8-17-49(48)59(79)69-68-52/h7-9,13-14,16-19,33,35,37,42,44,47,57,64H,3-6,10-12,15,20-32,34,36,38-41H2,1-2H3,(H,67,78)(H,69,79)/t47-,57+/m0/s1. The van der Waals surface area contributed by atoms with Crippen LogP contribution in [-0.2, 0) is 27.3 Å². The van der Waals surface area contributed by atoms with E-state index in [1.54, 1.807) is 34.1 Å². The Balaban J connectivity index is 0.650. The van der Waals surface area contributed by atoms with E-state index in [0.29, 0.717) is 129 Å². The van der Waals surface area contributed by atoms with Crippen LogP contribution in [0, 0.1) is 17.7 Å². The number of benzene rings is 3. The van der Waals surface area contributed by atoms with Crippen molar-refractivity contribution in [2.24, 2.45) is 11.8 Å². The third-order valence-electron chi connectivity index (χ3n) is 17.5. The SMILES string of the molecule is CCOc1nc(OC)cnc1CNCC(=O)N1CCC[C@H](c2cccc(C(=O)N[C@@H](C(=O)N3CCN(CC4CCN(CC(=O)N5CCN(C(=O)c6cc(Cc7n[nH]c(=O)c8ccccc78)ccc6F)CC5)CC4)CC3)C3CCCCC3)c2)C1. The minimum Gasteiger partial charge on any atom is -0.480 e. The number of hydrogen-bond acceptors (Lipinski definition) is 14. The van der Waals surface area contributed by atoms with Gasteiger partial charge in [-0.1, -0.05) is 55.7 Å². The van der Waals surface area contributed by atoms with Crippen LogP contribution in [0.3, 0.4) is 0 Å². The predicted molar refractivity (Wildman–Crippen MR) is 311 cm³/mol. The fourth-order valence-electron chi connectivity index (χ4n) is 12.7. The molecule has 1 saturated carbocycles. The van der Waals surface area contributed by atoms with E-state index in [1.165, 1.54) is 19.4 Å². The van der Waals surface area contributed by atoms with Crippen LogP contribution in [0.1, 0.15) is 114 Å². The van der Waals surface area contributed by atoms with Gasteiger partial charge in [0.15, 0.2) is 0 Å². The second-order valence-corrected chi connectivity index (χ2v) is 22.9. The lowest BCUT2D eigenvalue weighted by Gasteiger charge is -2.41. The van der Waals surface area contributed by atoms with E-state index in [-0.39, 0.29) is 53.1 Å². The molecule has 2 aromatic heterocycles. The largest absolute Gasteiger partial charge is 0.480 e. The molecule has 21 heteroatoms. The lowest BCUT2D eigenvalue weighted by Crippen LogP contribution is -2.57. The van der Waals surface area contributed by atoms with Gasteiger partial charge >= 0.3 is 0 Å². The van der Waals surface area contributed by atoms with E-state index in [9.17, 15) is 28.8 Å². The van der Waals surface area contributed by atoms with Crippen LogP contribution in [0.5, 0.6) is 11.8 Å². The molecule has 0 bridgehead atoms. The summed E-state index contributed by atoms with van der Waals surface area (Å²) in [7, 11) is 1.52. The molecular formula is C62H79FN12O8. The van der Waals surface area contributed by atoms with Gasteiger partial charge in [-0.05, 0) is 112 Å². The average Bonchev–Trinajstić information content (AvgIpc) is 3.61. The van der Waals surface area contributed by atoms with Gasteiger partial charge in [-0.15, -0.1) is 0 Å². The Labute approximate surface area is 484 Å². The number of piperidine rings is 2. The van der Waals surface area contributed by atoms with E-state index in [1.807, 2.05) is 53.1 Å². The van der Waals surface area contributed by atoms with Gasteiger partial charge < -0.3 is 39.7 Å². The zero-order valence-electron chi connectivity index (χ0n) is 48.0. The Morgan fingerprint density at radius 3 is 2.25 bits per heavy atom.